The Morgan fingerprint density at radius 1 is 1.35 bits per heavy atom. The highest BCUT2D eigenvalue weighted by Gasteiger charge is 2.21. The molecule has 0 bridgehead atoms. The van der Waals surface area contributed by atoms with Crippen LogP contribution in [0.4, 0.5) is 0 Å². The molecule has 0 spiro atoms. The number of likely N-dealkylation sites (N-methyl/N-ethyl adjacent to an activating group) is 1. The molecule has 1 fully saturated rings. The monoisotopic (exact) mass is 291 g/mol. The number of imidazole rings is 1. The van der Waals surface area contributed by atoms with E-state index in [2.05, 4.69) is 46.6 Å². The number of halogens is 1. The molecule has 0 amide bonds. The van der Waals surface area contributed by atoms with Crippen molar-refractivity contribution in [2.45, 2.75) is 44.7 Å². The Morgan fingerprint density at radius 3 is 2.95 bits per heavy atom. The summed E-state index contributed by atoms with van der Waals surface area (Å²) in [5.41, 5.74) is 3.56. The zero-order valence-corrected chi connectivity index (χ0v) is 13.0. The Kier molecular flexibility index (Phi) is 3.99. The molecule has 1 aliphatic heterocycles. The first kappa shape index (κ1) is 13.9. The number of piperidine rings is 1. The highest BCUT2D eigenvalue weighted by molar-refractivity contribution is 6.16. The third-order valence-corrected chi connectivity index (χ3v) is 4.66. The summed E-state index contributed by atoms with van der Waals surface area (Å²) < 4.78 is 2.32. The van der Waals surface area contributed by atoms with Crippen LogP contribution in [-0.4, -0.2) is 34.1 Å². The predicted octanol–water partition coefficient (Wildman–Crippen LogP) is 3.57. The van der Waals surface area contributed by atoms with Crippen LogP contribution in [0.2, 0.25) is 0 Å². The van der Waals surface area contributed by atoms with Gasteiger partial charge >= 0.3 is 0 Å². The summed E-state index contributed by atoms with van der Waals surface area (Å²) in [5, 5.41) is 0. The van der Waals surface area contributed by atoms with Crippen LogP contribution in [0.25, 0.3) is 11.0 Å². The second-order valence-corrected chi connectivity index (χ2v) is 6.16. The number of aryl methyl sites for hydroxylation is 1. The van der Waals surface area contributed by atoms with Gasteiger partial charge in [-0.1, -0.05) is 12.5 Å². The standard InChI is InChI=1S/C16H22ClN3/c1-12-6-7-14-15(9-12)20(16(10-17)18-14)11-13-5-3-4-8-19(13)2/h6-7,9,13H,3-5,8,10-11H2,1-2H3. The van der Waals surface area contributed by atoms with Crippen molar-refractivity contribution in [3.8, 4) is 0 Å². The molecule has 1 atom stereocenters. The van der Waals surface area contributed by atoms with Crippen molar-refractivity contribution in [2.24, 2.45) is 0 Å². The van der Waals surface area contributed by atoms with Gasteiger partial charge in [-0.25, -0.2) is 4.98 Å². The van der Waals surface area contributed by atoms with Crippen LogP contribution >= 0.6 is 11.6 Å². The maximum Gasteiger partial charge on any atom is 0.124 e. The summed E-state index contributed by atoms with van der Waals surface area (Å²) in [6, 6.07) is 7.04. The summed E-state index contributed by atoms with van der Waals surface area (Å²) in [6.45, 7) is 4.33. The van der Waals surface area contributed by atoms with Crippen molar-refractivity contribution in [1.82, 2.24) is 14.5 Å². The molecule has 108 valence electrons. The van der Waals surface area contributed by atoms with Gasteiger partial charge in [-0.05, 0) is 51.1 Å². The van der Waals surface area contributed by atoms with E-state index in [1.165, 1.54) is 36.9 Å². The average molecular weight is 292 g/mol. The minimum absolute atomic E-state index is 0.476. The molecule has 3 rings (SSSR count). The lowest BCUT2D eigenvalue weighted by Gasteiger charge is -2.33. The molecule has 1 saturated heterocycles. The SMILES string of the molecule is Cc1ccc2nc(CCl)n(CC3CCCCN3C)c2c1. The highest BCUT2D eigenvalue weighted by atomic mass is 35.5. The average Bonchev–Trinajstić information content (AvgIpc) is 2.79. The number of benzene rings is 1. The van der Waals surface area contributed by atoms with E-state index < -0.39 is 0 Å². The van der Waals surface area contributed by atoms with Crippen LogP contribution in [0, 0.1) is 6.92 Å². The summed E-state index contributed by atoms with van der Waals surface area (Å²) in [4.78, 5) is 7.15. The van der Waals surface area contributed by atoms with Gasteiger partial charge in [0.25, 0.3) is 0 Å². The first-order valence-electron chi connectivity index (χ1n) is 7.41. The van der Waals surface area contributed by atoms with E-state index in [-0.39, 0.29) is 0 Å². The molecular weight excluding hydrogens is 270 g/mol. The first-order chi connectivity index (χ1) is 9.69. The molecule has 0 N–H and O–H groups in total. The van der Waals surface area contributed by atoms with Crippen molar-refractivity contribution in [2.75, 3.05) is 13.6 Å². The smallest absolute Gasteiger partial charge is 0.124 e. The van der Waals surface area contributed by atoms with E-state index in [9.17, 15) is 0 Å². The molecule has 1 unspecified atom stereocenters. The fraction of sp³-hybridized carbons (Fsp3) is 0.562. The third-order valence-electron chi connectivity index (χ3n) is 4.42. The van der Waals surface area contributed by atoms with Crippen molar-refractivity contribution >= 4 is 22.6 Å². The molecule has 0 radical (unpaired) electrons. The maximum absolute atomic E-state index is 6.10. The van der Waals surface area contributed by atoms with Crippen LogP contribution < -0.4 is 0 Å². The Bertz CT molecular complexity index is 605. The van der Waals surface area contributed by atoms with E-state index >= 15 is 0 Å². The molecule has 2 heterocycles. The number of hydrogen-bond acceptors (Lipinski definition) is 2. The zero-order valence-electron chi connectivity index (χ0n) is 12.3. The number of aromatic nitrogens is 2. The molecule has 2 aromatic rings. The molecule has 20 heavy (non-hydrogen) atoms. The van der Waals surface area contributed by atoms with Gasteiger partial charge in [0.1, 0.15) is 5.82 Å². The zero-order chi connectivity index (χ0) is 14.1. The molecule has 1 aromatic heterocycles. The fourth-order valence-electron chi connectivity index (χ4n) is 3.17. The summed E-state index contributed by atoms with van der Waals surface area (Å²) in [7, 11) is 2.23. The molecule has 1 aromatic carbocycles. The minimum Gasteiger partial charge on any atom is -0.325 e. The van der Waals surface area contributed by atoms with Gasteiger partial charge < -0.3 is 9.47 Å². The summed E-state index contributed by atoms with van der Waals surface area (Å²) in [5.74, 6) is 1.47. The lowest BCUT2D eigenvalue weighted by atomic mass is 10.0. The Balaban J connectivity index is 1.98. The van der Waals surface area contributed by atoms with Gasteiger partial charge in [0.15, 0.2) is 0 Å². The van der Waals surface area contributed by atoms with E-state index in [4.69, 9.17) is 11.6 Å². The van der Waals surface area contributed by atoms with Gasteiger partial charge in [0, 0.05) is 12.6 Å². The highest BCUT2D eigenvalue weighted by Crippen LogP contribution is 2.23. The van der Waals surface area contributed by atoms with Crippen LogP contribution in [0.15, 0.2) is 18.2 Å². The summed E-state index contributed by atoms with van der Waals surface area (Å²) >= 11 is 6.10. The van der Waals surface area contributed by atoms with Gasteiger partial charge in [-0.3, -0.25) is 0 Å². The topological polar surface area (TPSA) is 21.1 Å². The lowest BCUT2D eigenvalue weighted by molar-refractivity contribution is 0.168. The lowest BCUT2D eigenvalue weighted by Crippen LogP contribution is -2.39. The molecule has 3 nitrogen and oxygen atoms in total. The van der Waals surface area contributed by atoms with Gasteiger partial charge in [-0.15, -0.1) is 11.6 Å². The van der Waals surface area contributed by atoms with Gasteiger partial charge in [0.2, 0.25) is 0 Å². The Labute approximate surface area is 125 Å². The van der Waals surface area contributed by atoms with Crippen molar-refractivity contribution < 1.29 is 0 Å². The molecule has 1 aliphatic rings. The Morgan fingerprint density at radius 2 is 2.20 bits per heavy atom. The van der Waals surface area contributed by atoms with Crippen molar-refractivity contribution in [3.63, 3.8) is 0 Å². The van der Waals surface area contributed by atoms with E-state index in [1.807, 2.05) is 0 Å². The minimum atomic E-state index is 0.476. The fourth-order valence-corrected chi connectivity index (χ4v) is 3.38. The van der Waals surface area contributed by atoms with Crippen molar-refractivity contribution in [1.29, 1.82) is 0 Å². The second-order valence-electron chi connectivity index (χ2n) is 5.89. The molecular formula is C16H22ClN3. The van der Waals surface area contributed by atoms with Crippen LogP contribution in [0.3, 0.4) is 0 Å². The summed E-state index contributed by atoms with van der Waals surface area (Å²) in [6.07, 6.45) is 3.92. The number of rotatable bonds is 3. The van der Waals surface area contributed by atoms with Gasteiger partial charge in [-0.2, -0.15) is 0 Å². The normalized spacial score (nSPS) is 20.6. The van der Waals surface area contributed by atoms with E-state index in [0.717, 1.165) is 17.9 Å². The predicted molar refractivity (Wildman–Crippen MR) is 84.3 cm³/mol. The largest absolute Gasteiger partial charge is 0.325 e. The van der Waals surface area contributed by atoms with Gasteiger partial charge in [0.05, 0.1) is 16.9 Å². The van der Waals surface area contributed by atoms with E-state index in [0.29, 0.717) is 11.9 Å². The maximum atomic E-state index is 6.10. The number of nitrogens with zero attached hydrogens (tertiary/aromatic N) is 3. The van der Waals surface area contributed by atoms with Crippen molar-refractivity contribution in [3.05, 3.63) is 29.6 Å². The number of hydrogen-bond donors (Lipinski definition) is 0. The molecule has 4 heteroatoms. The number of likely N-dealkylation sites (tertiary alicyclic amines) is 1. The molecule has 0 saturated carbocycles. The number of fused-ring (bicyclic) bond motifs is 1. The second kappa shape index (κ2) is 5.74. The van der Waals surface area contributed by atoms with Crippen LogP contribution in [0.5, 0.6) is 0 Å². The van der Waals surface area contributed by atoms with Crippen LogP contribution in [0.1, 0.15) is 30.7 Å². The number of alkyl halides is 1. The molecule has 0 aliphatic carbocycles. The Hall–Kier alpha value is -1.06. The van der Waals surface area contributed by atoms with E-state index in [1.54, 1.807) is 0 Å². The quantitative estimate of drug-likeness (QED) is 0.806. The van der Waals surface area contributed by atoms with Crippen LogP contribution in [-0.2, 0) is 12.4 Å². The first-order valence-corrected chi connectivity index (χ1v) is 7.94. The third kappa shape index (κ3) is 2.57.